The van der Waals surface area contributed by atoms with Crippen molar-refractivity contribution in [3.8, 4) is 0 Å². The molecule has 0 aliphatic heterocycles. The van der Waals surface area contributed by atoms with Gasteiger partial charge in [0, 0.05) is 22.5 Å². The van der Waals surface area contributed by atoms with Crippen molar-refractivity contribution in [1.82, 2.24) is 31.1 Å². The van der Waals surface area contributed by atoms with Gasteiger partial charge in [-0.3, -0.25) is 9.59 Å². The molecule has 5 atom stereocenters. The summed E-state index contributed by atoms with van der Waals surface area (Å²) in [5.74, 6) is -2.55. The van der Waals surface area contributed by atoms with E-state index in [0.717, 1.165) is 22.2 Å². The zero-order chi connectivity index (χ0) is 38.3. The highest BCUT2D eigenvalue weighted by atomic mass is 35.5. The van der Waals surface area contributed by atoms with E-state index in [9.17, 15) is 19.2 Å². The van der Waals surface area contributed by atoms with Gasteiger partial charge in [0.05, 0.1) is 17.1 Å². The summed E-state index contributed by atoms with van der Waals surface area (Å²) >= 11 is 13.0. The maximum atomic E-state index is 14.8. The molecule has 3 unspecified atom stereocenters. The molecule has 284 valence electrons. The van der Waals surface area contributed by atoms with Gasteiger partial charge in [-0.05, 0) is 59.5 Å². The maximum absolute atomic E-state index is 14.8. The van der Waals surface area contributed by atoms with E-state index in [1.807, 2.05) is 65.0 Å². The van der Waals surface area contributed by atoms with Crippen molar-refractivity contribution in [2.75, 3.05) is 6.61 Å². The van der Waals surface area contributed by atoms with E-state index >= 15 is 0 Å². The third-order valence-corrected chi connectivity index (χ3v) is 10.4. The second-order valence-electron chi connectivity index (χ2n) is 13.6. The summed E-state index contributed by atoms with van der Waals surface area (Å²) in [6.45, 7) is 9.68. The number of rotatable bonds is 15. The zero-order valence-electron chi connectivity index (χ0n) is 30.5. The first-order valence-corrected chi connectivity index (χ1v) is 18.7. The van der Waals surface area contributed by atoms with E-state index in [-0.39, 0.29) is 49.6 Å². The monoisotopic (exact) mass is 768 g/mol. The SMILES string of the molecule is CCCOC(=O)c1noc(C(NC(=O)[C@@]2(NC(=O)C(NC(=O)OCc3ccccc3)C(C)CC)CCc3[nH]c4c(Cl)cc(Cl)cc4c3C2)[C@@H](C)CC)n1. The lowest BCUT2D eigenvalue weighted by Crippen LogP contribution is -2.65. The Balaban J connectivity index is 1.48. The molecule has 13 nitrogen and oxygen atoms in total. The molecule has 0 saturated carbocycles. The second-order valence-corrected chi connectivity index (χ2v) is 14.5. The Morgan fingerprint density at radius 2 is 1.74 bits per heavy atom. The van der Waals surface area contributed by atoms with Crippen LogP contribution < -0.4 is 16.0 Å². The number of hydrogen-bond acceptors (Lipinski definition) is 9. The summed E-state index contributed by atoms with van der Waals surface area (Å²) in [6.07, 6.45) is 1.68. The van der Waals surface area contributed by atoms with E-state index in [1.165, 1.54) is 0 Å². The number of nitrogens with zero attached hydrogens (tertiary/aromatic N) is 2. The van der Waals surface area contributed by atoms with Crippen LogP contribution in [-0.2, 0) is 38.5 Å². The zero-order valence-corrected chi connectivity index (χ0v) is 32.0. The number of nitrogens with one attached hydrogen (secondary N) is 4. The number of fused-ring (bicyclic) bond motifs is 3. The minimum absolute atomic E-state index is 0.0209. The highest BCUT2D eigenvalue weighted by Crippen LogP contribution is 2.39. The van der Waals surface area contributed by atoms with Gasteiger partial charge in [-0.15, -0.1) is 0 Å². The number of aryl methyl sites for hydroxylation is 1. The number of hydrogen-bond donors (Lipinski definition) is 4. The third-order valence-electron chi connectivity index (χ3n) is 9.91. The Hall–Kier alpha value is -4.62. The number of esters is 1. The maximum Gasteiger partial charge on any atom is 0.408 e. The van der Waals surface area contributed by atoms with Gasteiger partial charge in [0.25, 0.3) is 5.82 Å². The predicted molar refractivity (Wildman–Crippen MR) is 199 cm³/mol. The lowest BCUT2D eigenvalue weighted by molar-refractivity contribution is -0.136. The summed E-state index contributed by atoms with van der Waals surface area (Å²) in [4.78, 5) is 62.4. The molecule has 0 saturated heterocycles. The summed E-state index contributed by atoms with van der Waals surface area (Å²) in [6, 6.07) is 10.8. The molecule has 53 heavy (non-hydrogen) atoms. The first-order chi connectivity index (χ1) is 25.4. The number of aromatic nitrogens is 3. The van der Waals surface area contributed by atoms with Gasteiger partial charge in [0.15, 0.2) is 0 Å². The molecule has 0 fully saturated rings. The minimum Gasteiger partial charge on any atom is -0.460 e. The van der Waals surface area contributed by atoms with Crippen molar-refractivity contribution in [3.63, 3.8) is 0 Å². The molecule has 0 bridgehead atoms. The van der Waals surface area contributed by atoms with Crippen LogP contribution in [0.1, 0.15) is 99.7 Å². The van der Waals surface area contributed by atoms with Gasteiger partial charge >= 0.3 is 12.1 Å². The molecule has 15 heteroatoms. The number of carbonyl (C=O) groups is 4. The number of H-pyrrole nitrogens is 1. The van der Waals surface area contributed by atoms with Crippen LogP contribution in [0.25, 0.3) is 10.9 Å². The number of ether oxygens (including phenoxy) is 2. The quantitative estimate of drug-likeness (QED) is 0.0926. The molecule has 2 aromatic carbocycles. The van der Waals surface area contributed by atoms with Gasteiger partial charge in [-0.1, -0.05) is 101 Å². The van der Waals surface area contributed by atoms with Gasteiger partial charge in [0.1, 0.15) is 24.2 Å². The second kappa shape index (κ2) is 17.5. The van der Waals surface area contributed by atoms with E-state index in [1.54, 1.807) is 12.1 Å². The van der Waals surface area contributed by atoms with Crippen molar-refractivity contribution in [2.24, 2.45) is 11.8 Å². The van der Waals surface area contributed by atoms with Crippen molar-refractivity contribution in [2.45, 2.75) is 97.4 Å². The number of aromatic amines is 1. The van der Waals surface area contributed by atoms with E-state index in [0.29, 0.717) is 41.2 Å². The minimum atomic E-state index is -1.51. The van der Waals surface area contributed by atoms with Gasteiger partial charge < -0.3 is 34.9 Å². The van der Waals surface area contributed by atoms with E-state index < -0.39 is 41.5 Å². The molecular formula is C38H46Cl2N6O7. The first kappa shape index (κ1) is 39.6. The third kappa shape index (κ3) is 9.13. The fourth-order valence-electron chi connectivity index (χ4n) is 6.40. The average molecular weight is 770 g/mol. The van der Waals surface area contributed by atoms with Crippen LogP contribution in [0, 0.1) is 11.8 Å². The van der Waals surface area contributed by atoms with Crippen molar-refractivity contribution in [3.05, 3.63) is 81.0 Å². The van der Waals surface area contributed by atoms with Crippen LogP contribution in [0.4, 0.5) is 4.79 Å². The summed E-state index contributed by atoms with van der Waals surface area (Å²) in [5.41, 5.74) is 1.61. The number of halogens is 2. The standard InChI is InChI=1S/C38H46Cl2N6O7/c1-6-16-51-35(48)32-44-34(53-46-32)30(22(5)8-3)42-36(49)38(15-14-28-26(19-38)25-17-24(39)18-27(40)31(25)41-28)45-33(47)29(21(4)7-2)43-37(50)52-20-23-12-10-9-11-13-23/h9-13,17-18,21-22,29-30,41H,6-8,14-16,19-20H2,1-5H3,(H,42,49)(H,43,50)(H,45,47)/t21?,22-,29?,30?,38+/m0/s1. The van der Waals surface area contributed by atoms with Crippen LogP contribution in [0.15, 0.2) is 47.0 Å². The van der Waals surface area contributed by atoms with Crippen molar-refractivity contribution in [1.29, 1.82) is 0 Å². The molecule has 3 amide bonds. The summed E-state index contributed by atoms with van der Waals surface area (Å²) in [5, 5.41) is 14.3. The summed E-state index contributed by atoms with van der Waals surface area (Å²) < 4.78 is 16.1. The average Bonchev–Trinajstić information content (AvgIpc) is 3.79. The molecule has 2 aromatic heterocycles. The normalized spacial score (nSPS) is 17.6. The number of alkyl carbamates (subject to hydrolysis) is 1. The predicted octanol–water partition coefficient (Wildman–Crippen LogP) is 7.01. The molecule has 4 N–H and O–H groups in total. The topological polar surface area (TPSA) is 178 Å². The fourth-order valence-corrected chi connectivity index (χ4v) is 6.94. The highest BCUT2D eigenvalue weighted by Gasteiger charge is 2.47. The Morgan fingerprint density at radius 3 is 2.43 bits per heavy atom. The smallest absolute Gasteiger partial charge is 0.408 e. The van der Waals surface area contributed by atoms with Crippen LogP contribution >= 0.6 is 23.2 Å². The molecular weight excluding hydrogens is 723 g/mol. The number of amides is 3. The van der Waals surface area contributed by atoms with Crippen LogP contribution in [0.5, 0.6) is 0 Å². The number of benzene rings is 2. The lowest BCUT2D eigenvalue weighted by atomic mass is 9.78. The fraction of sp³-hybridized carbons (Fsp3) is 0.474. The lowest BCUT2D eigenvalue weighted by Gasteiger charge is -2.39. The van der Waals surface area contributed by atoms with E-state index in [4.69, 9.17) is 37.2 Å². The van der Waals surface area contributed by atoms with E-state index in [2.05, 4.69) is 31.1 Å². The first-order valence-electron chi connectivity index (χ1n) is 18.0. The highest BCUT2D eigenvalue weighted by molar-refractivity contribution is 6.38. The Labute approximate surface area is 318 Å². The number of carbonyl (C=O) groups excluding carboxylic acids is 4. The molecule has 0 spiro atoms. The Kier molecular flexibility index (Phi) is 13.0. The molecule has 1 aliphatic rings. The van der Waals surface area contributed by atoms with Crippen molar-refractivity contribution < 1.29 is 33.2 Å². The molecule has 2 heterocycles. The summed E-state index contributed by atoms with van der Waals surface area (Å²) in [7, 11) is 0. The molecule has 0 radical (unpaired) electrons. The Morgan fingerprint density at radius 1 is 1.00 bits per heavy atom. The van der Waals surface area contributed by atoms with Gasteiger partial charge in [-0.25, -0.2) is 9.59 Å². The molecule has 1 aliphatic carbocycles. The van der Waals surface area contributed by atoms with Crippen molar-refractivity contribution >= 4 is 58.0 Å². The largest absolute Gasteiger partial charge is 0.460 e. The van der Waals surface area contributed by atoms with Gasteiger partial charge in [0.2, 0.25) is 17.7 Å². The molecule has 4 aromatic rings. The van der Waals surface area contributed by atoms with Gasteiger partial charge in [-0.2, -0.15) is 4.98 Å². The van der Waals surface area contributed by atoms with Crippen LogP contribution in [0.3, 0.4) is 0 Å². The molecule has 5 rings (SSSR count). The van der Waals surface area contributed by atoms with Crippen LogP contribution in [0.2, 0.25) is 10.0 Å². The van der Waals surface area contributed by atoms with Crippen LogP contribution in [-0.4, -0.2) is 57.2 Å². The Bertz CT molecular complexity index is 1930.